The zero-order valence-electron chi connectivity index (χ0n) is 11.7. The summed E-state index contributed by atoms with van der Waals surface area (Å²) in [5, 5.41) is 2.86. The van der Waals surface area contributed by atoms with E-state index in [1.807, 2.05) is 49.4 Å². The molecule has 4 heteroatoms. The predicted molar refractivity (Wildman–Crippen MR) is 78.8 cm³/mol. The van der Waals surface area contributed by atoms with Crippen LogP contribution >= 0.6 is 0 Å². The van der Waals surface area contributed by atoms with Gasteiger partial charge < -0.3 is 10.2 Å². The molecule has 0 radical (unpaired) electrons. The van der Waals surface area contributed by atoms with Gasteiger partial charge in [0.2, 0.25) is 11.8 Å². The zero-order chi connectivity index (χ0) is 14.4. The molecule has 4 nitrogen and oxygen atoms in total. The lowest BCUT2D eigenvalue weighted by Gasteiger charge is -2.13. The second kappa shape index (κ2) is 6.89. The fourth-order valence-electron chi connectivity index (χ4n) is 2.32. The average Bonchev–Trinajstić information content (AvgIpc) is 2.86. The van der Waals surface area contributed by atoms with Crippen molar-refractivity contribution in [3.8, 4) is 0 Å². The summed E-state index contributed by atoms with van der Waals surface area (Å²) in [5.74, 6) is -0.160. The first-order valence-corrected chi connectivity index (χ1v) is 6.97. The number of nitrogens with zero attached hydrogens (tertiary/aromatic N) is 1. The van der Waals surface area contributed by atoms with Crippen LogP contribution in [0.25, 0.3) is 6.08 Å². The van der Waals surface area contributed by atoms with Gasteiger partial charge in [0.05, 0.1) is 5.92 Å². The van der Waals surface area contributed by atoms with E-state index in [0.717, 1.165) is 5.56 Å². The van der Waals surface area contributed by atoms with Gasteiger partial charge >= 0.3 is 0 Å². The summed E-state index contributed by atoms with van der Waals surface area (Å²) in [6.45, 7) is 3.64. The number of rotatable bonds is 5. The van der Waals surface area contributed by atoms with Gasteiger partial charge in [0.25, 0.3) is 0 Å². The van der Waals surface area contributed by atoms with Crippen molar-refractivity contribution in [1.82, 2.24) is 10.2 Å². The van der Waals surface area contributed by atoms with Crippen molar-refractivity contribution < 1.29 is 9.59 Å². The maximum atomic E-state index is 11.9. The van der Waals surface area contributed by atoms with Crippen molar-refractivity contribution in [2.75, 3.05) is 19.6 Å². The Hall–Kier alpha value is -2.10. The molecular weight excluding hydrogens is 252 g/mol. The van der Waals surface area contributed by atoms with Crippen LogP contribution in [0.3, 0.4) is 0 Å². The third kappa shape index (κ3) is 3.70. The summed E-state index contributed by atoms with van der Waals surface area (Å²) >= 11 is 0. The number of carbonyl (C=O) groups excluding carboxylic acids is 2. The molecule has 1 saturated heterocycles. The monoisotopic (exact) mass is 272 g/mol. The molecule has 0 bridgehead atoms. The lowest BCUT2D eigenvalue weighted by Crippen LogP contribution is -2.32. The standard InChI is InChI=1S/C16H20N2O2/c1-2-18-12-14(11-15(18)19)16(20)17-10-6-9-13-7-4-3-5-8-13/h3-9,14H,2,10-12H2,1H3,(H,17,20)/b9-6-/t14-/m1/s1. The first-order valence-electron chi connectivity index (χ1n) is 6.97. The molecule has 2 amide bonds. The van der Waals surface area contributed by atoms with Crippen LogP contribution in [0.1, 0.15) is 18.9 Å². The number of likely N-dealkylation sites (tertiary alicyclic amines) is 1. The molecule has 1 aromatic rings. The van der Waals surface area contributed by atoms with E-state index in [9.17, 15) is 9.59 Å². The molecule has 1 aliphatic heterocycles. The first-order chi connectivity index (χ1) is 9.70. The highest BCUT2D eigenvalue weighted by Gasteiger charge is 2.32. The number of hydrogen-bond donors (Lipinski definition) is 1. The van der Waals surface area contributed by atoms with Crippen molar-refractivity contribution >= 4 is 17.9 Å². The Morgan fingerprint density at radius 2 is 2.15 bits per heavy atom. The molecule has 0 aromatic heterocycles. The highest BCUT2D eigenvalue weighted by molar-refractivity contribution is 5.89. The van der Waals surface area contributed by atoms with E-state index in [-0.39, 0.29) is 17.7 Å². The lowest BCUT2D eigenvalue weighted by atomic mass is 10.1. The van der Waals surface area contributed by atoms with Crippen LogP contribution in [0.5, 0.6) is 0 Å². The summed E-state index contributed by atoms with van der Waals surface area (Å²) in [5.41, 5.74) is 1.11. The van der Waals surface area contributed by atoms with Gasteiger partial charge in [-0.3, -0.25) is 9.59 Å². The molecule has 1 aliphatic rings. The third-order valence-electron chi connectivity index (χ3n) is 3.47. The topological polar surface area (TPSA) is 49.4 Å². The fraction of sp³-hybridized carbons (Fsp3) is 0.375. The second-order valence-corrected chi connectivity index (χ2v) is 4.89. The first kappa shape index (κ1) is 14.3. The van der Waals surface area contributed by atoms with Crippen molar-refractivity contribution in [3.05, 3.63) is 42.0 Å². The van der Waals surface area contributed by atoms with Gasteiger partial charge in [-0.25, -0.2) is 0 Å². The number of amides is 2. The molecule has 1 atom stereocenters. The summed E-state index contributed by atoms with van der Waals surface area (Å²) in [7, 11) is 0. The Morgan fingerprint density at radius 3 is 2.80 bits per heavy atom. The van der Waals surface area contributed by atoms with Crippen LogP contribution in [-0.2, 0) is 9.59 Å². The summed E-state index contributed by atoms with van der Waals surface area (Å²) < 4.78 is 0. The molecule has 0 aliphatic carbocycles. The molecular formula is C16H20N2O2. The summed E-state index contributed by atoms with van der Waals surface area (Å²) in [4.78, 5) is 25.2. The van der Waals surface area contributed by atoms with Crippen molar-refractivity contribution in [3.63, 3.8) is 0 Å². The number of hydrogen-bond acceptors (Lipinski definition) is 2. The van der Waals surface area contributed by atoms with Gasteiger partial charge in [0.15, 0.2) is 0 Å². The van der Waals surface area contributed by atoms with Gasteiger partial charge in [-0.05, 0) is 12.5 Å². The number of nitrogens with one attached hydrogen (secondary N) is 1. The Bertz CT molecular complexity index is 496. The molecule has 2 rings (SSSR count). The minimum absolute atomic E-state index is 0.0352. The quantitative estimate of drug-likeness (QED) is 0.886. The smallest absolute Gasteiger partial charge is 0.225 e. The Labute approximate surface area is 119 Å². The second-order valence-electron chi connectivity index (χ2n) is 4.89. The van der Waals surface area contributed by atoms with E-state index < -0.39 is 0 Å². The van der Waals surface area contributed by atoms with Gasteiger partial charge in [-0.1, -0.05) is 42.5 Å². The maximum absolute atomic E-state index is 11.9. The highest BCUT2D eigenvalue weighted by atomic mass is 16.2. The summed E-state index contributed by atoms with van der Waals surface area (Å²) in [6, 6.07) is 9.93. The minimum atomic E-state index is -0.201. The van der Waals surface area contributed by atoms with Crippen LogP contribution < -0.4 is 5.32 Å². The Kier molecular flexibility index (Phi) is 4.93. The van der Waals surface area contributed by atoms with E-state index in [1.165, 1.54) is 0 Å². The zero-order valence-corrected chi connectivity index (χ0v) is 11.7. The molecule has 1 N–H and O–H groups in total. The van der Waals surface area contributed by atoms with E-state index in [1.54, 1.807) is 4.90 Å². The van der Waals surface area contributed by atoms with Crippen LogP contribution in [0.2, 0.25) is 0 Å². The van der Waals surface area contributed by atoms with Crippen LogP contribution in [-0.4, -0.2) is 36.3 Å². The van der Waals surface area contributed by atoms with Gasteiger partial charge in [0.1, 0.15) is 0 Å². The van der Waals surface area contributed by atoms with Gasteiger partial charge in [-0.2, -0.15) is 0 Å². The fourth-order valence-corrected chi connectivity index (χ4v) is 2.32. The highest BCUT2D eigenvalue weighted by Crippen LogP contribution is 2.17. The molecule has 20 heavy (non-hydrogen) atoms. The van der Waals surface area contributed by atoms with Crippen LogP contribution in [0, 0.1) is 5.92 Å². The molecule has 0 spiro atoms. The van der Waals surface area contributed by atoms with Crippen molar-refractivity contribution in [1.29, 1.82) is 0 Å². The molecule has 1 fully saturated rings. The Balaban J connectivity index is 1.76. The molecule has 1 heterocycles. The summed E-state index contributed by atoms with van der Waals surface area (Å²) in [6.07, 6.45) is 4.22. The SMILES string of the molecule is CCN1C[C@H](C(=O)NC/C=C\c2ccccc2)CC1=O. The van der Waals surface area contributed by atoms with Crippen molar-refractivity contribution in [2.24, 2.45) is 5.92 Å². The normalized spacial score (nSPS) is 18.8. The average molecular weight is 272 g/mol. The largest absolute Gasteiger partial charge is 0.352 e. The minimum Gasteiger partial charge on any atom is -0.352 e. The molecule has 0 unspecified atom stereocenters. The third-order valence-corrected chi connectivity index (χ3v) is 3.47. The number of benzene rings is 1. The number of carbonyl (C=O) groups is 2. The maximum Gasteiger partial charge on any atom is 0.225 e. The van der Waals surface area contributed by atoms with Gasteiger partial charge in [0, 0.05) is 26.1 Å². The molecule has 1 aromatic carbocycles. The van der Waals surface area contributed by atoms with Crippen molar-refractivity contribution in [2.45, 2.75) is 13.3 Å². The van der Waals surface area contributed by atoms with Gasteiger partial charge in [-0.15, -0.1) is 0 Å². The molecule has 106 valence electrons. The van der Waals surface area contributed by atoms with Crippen LogP contribution in [0.15, 0.2) is 36.4 Å². The lowest BCUT2D eigenvalue weighted by molar-refractivity contribution is -0.128. The van der Waals surface area contributed by atoms with Crippen LogP contribution in [0.4, 0.5) is 0 Å². The van der Waals surface area contributed by atoms with E-state index in [2.05, 4.69) is 5.32 Å². The van der Waals surface area contributed by atoms with E-state index in [0.29, 0.717) is 26.1 Å². The van der Waals surface area contributed by atoms with E-state index in [4.69, 9.17) is 0 Å². The van der Waals surface area contributed by atoms with E-state index >= 15 is 0 Å². The molecule has 0 saturated carbocycles. The Morgan fingerprint density at radius 1 is 1.40 bits per heavy atom. The predicted octanol–water partition coefficient (Wildman–Crippen LogP) is 1.68.